The van der Waals surface area contributed by atoms with Crippen LogP contribution in [0.5, 0.6) is 0 Å². The molecule has 0 aliphatic rings. The highest BCUT2D eigenvalue weighted by molar-refractivity contribution is 6.62. The van der Waals surface area contributed by atoms with Crippen molar-refractivity contribution in [3.05, 3.63) is 0 Å². The van der Waals surface area contributed by atoms with Gasteiger partial charge in [0, 0.05) is 0 Å². The average molecular weight is 96.8 g/mol. The van der Waals surface area contributed by atoms with Gasteiger partial charge in [-0.05, 0) is 7.05 Å². The molecular formula is C4H13B2N. The third-order valence-electron chi connectivity index (χ3n) is 1.38. The fourth-order valence-corrected chi connectivity index (χ4v) is 0.365. The van der Waals surface area contributed by atoms with Crippen molar-refractivity contribution in [2.24, 2.45) is 0 Å². The van der Waals surface area contributed by atoms with E-state index in [1.165, 1.54) is 0 Å². The van der Waals surface area contributed by atoms with E-state index >= 15 is 0 Å². The fraction of sp³-hybridized carbons (Fsp3) is 1.00. The first-order valence-corrected chi connectivity index (χ1v) is 2.88. The molecule has 0 aromatic heterocycles. The van der Waals surface area contributed by atoms with Gasteiger partial charge in [0.2, 0.25) is 6.85 Å². The van der Waals surface area contributed by atoms with Gasteiger partial charge in [-0.25, -0.2) is 0 Å². The van der Waals surface area contributed by atoms with Gasteiger partial charge in [-0.1, -0.05) is 20.5 Å². The SMILES string of the molecule is CBN(C)B(C)C. The highest BCUT2D eigenvalue weighted by Gasteiger charge is 2.02. The summed E-state index contributed by atoms with van der Waals surface area (Å²) in [6.07, 6.45) is 0. The Kier molecular flexibility index (Phi) is 3.18. The largest absolute Gasteiger partial charge is 0.390 e. The van der Waals surface area contributed by atoms with E-state index < -0.39 is 0 Å². The Bertz CT molecular complexity index is 47.0. The maximum Gasteiger partial charge on any atom is 0.204 e. The molecule has 0 aromatic carbocycles. The van der Waals surface area contributed by atoms with Crippen LogP contribution in [0, 0.1) is 0 Å². The Morgan fingerprint density at radius 1 is 1.43 bits per heavy atom. The summed E-state index contributed by atoms with van der Waals surface area (Å²) in [7, 11) is 3.28. The topological polar surface area (TPSA) is 3.24 Å². The molecule has 0 amide bonds. The van der Waals surface area contributed by atoms with E-state index in [0.29, 0.717) is 6.85 Å². The van der Waals surface area contributed by atoms with E-state index in [1.54, 1.807) is 0 Å². The van der Waals surface area contributed by atoms with Crippen LogP contribution in [-0.4, -0.2) is 26.0 Å². The standard InChI is InChI=1S/C4H13B2N/c1-5-7(4)6(2)3/h5H,1-4H3. The smallest absolute Gasteiger partial charge is 0.204 e. The summed E-state index contributed by atoms with van der Waals surface area (Å²) in [4.78, 5) is 0. The molecule has 0 aromatic rings. The molecule has 0 unspecified atom stereocenters. The molecule has 3 heteroatoms. The third kappa shape index (κ3) is 2.75. The number of hydrogen-bond donors (Lipinski definition) is 0. The maximum atomic E-state index is 2.29. The Labute approximate surface area is 47.4 Å². The van der Waals surface area contributed by atoms with Gasteiger partial charge in [0.25, 0.3) is 0 Å². The number of nitrogens with zero attached hydrogens (tertiary/aromatic N) is 1. The summed E-state index contributed by atoms with van der Waals surface area (Å²) >= 11 is 0. The molecule has 40 valence electrons. The quantitative estimate of drug-likeness (QED) is 0.455. The van der Waals surface area contributed by atoms with Crippen LogP contribution in [-0.2, 0) is 0 Å². The zero-order valence-electron chi connectivity index (χ0n) is 5.73. The van der Waals surface area contributed by atoms with E-state index in [1.807, 2.05) is 0 Å². The molecule has 0 spiro atoms. The average Bonchev–Trinajstić information content (AvgIpc) is 1.65. The van der Waals surface area contributed by atoms with Crippen LogP contribution in [0.15, 0.2) is 0 Å². The minimum absolute atomic E-state index is 0.699. The van der Waals surface area contributed by atoms with Crippen LogP contribution in [0.25, 0.3) is 0 Å². The van der Waals surface area contributed by atoms with Crippen molar-refractivity contribution in [2.45, 2.75) is 20.5 Å². The molecule has 0 rings (SSSR count). The molecule has 0 fully saturated rings. The van der Waals surface area contributed by atoms with Crippen molar-refractivity contribution in [3.8, 4) is 0 Å². The minimum Gasteiger partial charge on any atom is -0.390 e. The highest BCUT2D eigenvalue weighted by atomic mass is 14.9. The summed E-state index contributed by atoms with van der Waals surface area (Å²) in [5.74, 6) is 0. The monoisotopic (exact) mass is 97.1 g/mol. The van der Waals surface area contributed by atoms with Crippen LogP contribution in [0.2, 0.25) is 20.5 Å². The van der Waals surface area contributed by atoms with E-state index in [-0.39, 0.29) is 0 Å². The third-order valence-corrected chi connectivity index (χ3v) is 1.38. The second-order valence-electron chi connectivity index (χ2n) is 2.17. The predicted molar refractivity (Wildman–Crippen MR) is 38.3 cm³/mol. The molecule has 1 nitrogen and oxygen atoms in total. The summed E-state index contributed by atoms with van der Waals surface area (Å²) in [5.41, 5.74) is 0. The van der Waals surface area contributed by atoms with Crippen LogP contribution in [0.1, 0.15) is 0 Å². The van der Waals surface area contributed by atoms with Crippen molar-refractivity contribution < 1.29 is 0 Å². The zero-order valence-corrected chi connectivity index (χ0v) is 5.73. The number of hydrogen-bond acceptors (Lipinski definition) is 1. The first-order valence-electron chi connectivity index (χ1n) is 2.88. The summed E-state index contributed by atoms with van der Waals surface area (Å²) in [6, 6.07) is 0. The summed E-state index contributed by atoms with van der Waals surface area (Å²) < 4.78 is 2.29. The van der Waals surface area contributed by atoms with Gasteiger partial charge >= 0.3 is 0 Å². The molecule has 0 N–H and O–H groups in total. The highest BCUT2D eigenvalue weighted by Crippen LogP contribution is 1.83. The Balaban J connectivity index is 3.14. The van der Waals surface area contributed by atoms with E-state index in [9.17, 15) is 0 Å². The number of rotatable bonds is 2. The van der Waals surface area contributed by atoms with Gasteiger partial charge in [0.15, 0.2) is 7.41 Å². The zero-order chi connectivity index (χ0) is 5.86. The Morgan fingerprint density at radius 2 is 1.86 bits per heavy atom. The predicted octanol–water partition coefficient (Wildman–Crippen LogP) is 0.569. The minimum atomic E-state index is 0.699. The van der Waals surface area contributed by atoms with Crippen LogP contribution in [0.4, 0.5) is 0 Å². The molecule has 0 radical (unpaired) electrons. The second kappa shape index (κ2) is 3.14. The van der Waals surface area contributed by atoms with E-state index in [2.05, 4.69) is 32.2 Å². The van der Waals surface area contributed by atoms with Gasteiger partial charge in [0.1, 0.15) is 0 Å². The van der Waals surface area contributed by atoms with Crippen LogP contribution in [0.3, 0.4) is 0 Å². The molecule has 0 saturated carbocycles. The Morgan fingerprint density at radius 3 is 1.86 bits per heavy atom. The van der Waals surface area contributed by atoms with Crippen molar-refractivity contribution in [1.29, 1.82) is 0 Å². The molecule has 0 aliphatic heterocycles. The van der Waals surface area contributed by atoms with Gasteiger partial charge in [-0.3, -0.25) is 0 Å². The van der Waals surface area contributed by atoms with E-state index in [4.69, 9.17) is 0 Å². The lowest BCUT2D eigenvalue weighted by Gasteiger charge is -2.14. The van der Waals surface area contributed by atoms with Gasteiger partial charge < -0.3 is 4.72 Å². The van der Waals surface area contributed by atoms with Crippen molar-refractivity contribution in [2.75, 3.05) is 7.05 Å². The normalized spacial score (nSPS) is 9.29. The van der Waals surface area contributed by atoms with Crippen molar-refractivity contribution in [3.63, 3.8) is 0 Å². The van der Waals surface area contributed by atoms with Gasteiger partial charge in [-0.2, -0.15) is 0 Å². The van der Waals surface area contributed by atoms with Gasteiger partial charge in [0.05, 0.1) is 0 Å². The first-order chi connectivity index (χ1) is 3.18. The molecule has 0 aliphatic carbocycles. The first kappa shape index (κ1) is 7.09. The van der Waals surface area contributed by atoms with Crippen LogP contribution >= 0.6 is 0 Å². The second-order valence-corrected chi connectivity index (χ2v) is 2.17. The molecule has 0 heterocycles. The van der Waals surface area contributed by atoms with E-state index in [0.717, 1.165) is 7.41 Å². The summed E-state index contributed by atoms with van der Waals surface area (Å²) in [6.45, 7) is 7.26. The molecule has 0 saturated heterocycles. The Hall–Kier alpha value is 0.0899. The van der Waals surface area contributed by atoms with Crippen molar-refractivity contribution in [1.82, 2.24) is 4.72 Å². The molecule has 0 bridgehead atoms. The van der Waals surface area contributed by atoms with Crippen molar-refractivity contribution >= 4 is 14.3 Å². The van der Waals surface area contributed by atoms with Crippen LogP contribution < -0.4 is 0 Å². The molecular weight excluding hydrogens is 83.7 g/mol. The molecule has 7 heavy (non-hydrogen) atoms. The fourth-order valence-electron chi connectivity index (χ4n) is 0.365. The van der Waals surface area contributed by atoms with Gasteiger partial charge in [-0.15, -0.1) is 0 Å². The maximum absolute atomic E-state index is 2.29. The lowest BCUT2D eigenvalue weighted by atomic mass is 9.61. The lowest BCUT2D eigenvalue weighted by Crippen LogP contribution is -2.31. The molecule has 0 atom stereocenters. The summed E-state index contributed by atoms with van der Waals surface area (Å²) in [5, 5.41) is 0. The lowest BCUT2D eigenvalue weighted by molar-refractivity contribution is 0.832.